The van der Waals surface area contributed by atoms with Crippen LogP contribution in [0.2, 0.25) is 10.0 Å². The van der Waals surface area contributed by atoms with Gasteiger partial charge in [0.25, 0.3) is 10.0 Å². The number of nitrogens with zero attached hydrogens (tertiary/aromatic N) is 2. The van der Waals surface area contributed by atoms with Crippen molar-refractivity contribution in [2.24, 2.45) is 0 Å². The van der Waals surface area contributed by atoms with Crippen LogP contribution in [0.3, 0.4) is 0 Å². The lowest BCUT2D eigenvalue weighted by Gasteiger charge is -2.34. The molecule has 1 N–H and O–H groups in total. The molecule has 0 bridgehead atoms. The van der Waals surface area contributed by atoms with Crippen LogP contribution in [0.1, 0.15) is 49.9 Å². The lowest BCUT2D eigenvalue weighted by Crippen LogP contribution is -2.54. The highest BCUT2D eigenvalue weighted by Crippen LogP contribution is 2.29. The standard InChI is InChI=1S/C31H37Cl2N3O4S/c1-20-11-15-25(16-12-20)41(39,40)36(24-14-13-21(2)22(3)17-24)19-29(37)35(23(4)30(38)34-31(5,6)7)18-26-27(32)9-8-10-28(26)33/h8-17,23H,18-19H2,1-7H3,(H,34,38)/t23-/m1/s1. The van der Waals surface area contributed by atoms with Gasteiger partial charge in [0.2, 0.25) is 11.8 Å². The Morgan fingerprint density at radius 2 is 1.49 bits per heavy atom. The minimum atomic E-state index is -4.16. The largest absolute Gasteiger partial charge is 0.350 e. The van der Waals surface area contributed by atoms with Crippen LogP contribution in [-0.2, 0) is 26.2 Å². The number of nitrogens with one attached hydrogen (secondary N) is 1. The number of aryl methyl sites for hydroxylation is 3. The average molecular weight is 619 g/mol. The molecule has 3 aromatic carbocycles. The molecule has 0 unspecified atom stereocenters. The Balaban J connectivity index is 2.10. The molecule has 41 heavy (non-hydrogen) atoms. The second-order valence-electron chi connectivity index (χ2n) is 11.2. The van der Waals surface area contributed by atoms with E-state index in [1.54, 1.807) is 49.4 Å². The molecular formula is C31H37Cl2N3O4S. The number of halogens is 2. The van der Waals surface area contributed by atoms with Crippen LogP contribution in [-0.4, -0.2) is 43.3 Å². The van der Waals surface area contributed by atoms with Gasteiger partial charge in [-0.1, -0.05) is 53.0 Å². The van der Waals surface area contributed by atoms with Gasteiger partial charge in [-0.05, 0) is 96.0 Å². The van der Waals surface area contributed by atoms with Crippen molar-refractivity contribution in [3.63, 3.8) is 0 Å². The molecule has 1 atom stereocenters. The van der Waals surface area contributed by atoms with Gasteiger partial charge in [-0.15, -0.1) is 0 Å². The maximum Gasteiger partial charge on any atom is 0.264 e. The number of hydrogen-bond acceptors (Lipinski definition) is 4. The highest BCUT2D eigenvalue weighted by atomic mass is 35.5. The van der Waals surface area contributed by atoms with Gasteiger partial charge >= 0.3 is 0 Å². The van der Waals surface area contributed by atoms with Gasteiger partial charge in [-0.25, -0.2) is 8.42 Å². The molecule has 0 fully saturated rings. The van der Waals surface area contributed by atoms with Gasteiger partial charge in [0.05, 0.1) is 10.6 Å². The monoisotopic (exact) mass is 617 g/mol. The molecule has 0 saturated carbocycles. The number of amides is 2. The Hall–Kier alpha value is -3.07. The van der Waals surface area contributed by atoms with Crippen molar-refractivity contribution in [2.45, 2.75) is 71.5 Å². The van der Waals surface area contributed by atoms with Crippen molar-refractivity contribution >= 4 is 50.7 Å². The summed E-state index contributed by atoms with van der Waals surface area (Å²) in [5.74, 6) is -0.986. The van der Waals surface area contributed by atoms with E-state index >= 15 is 0 Å². The van der Waals surface area contributed by atoms with E-state index < -0.39 is 40.0 Å². The maximum atomic E-state index is 14.1. The Morgan fingerprint density at radius 3 is 2.02 bits per heavy atom. The number of carbonyl (C=O) groups excluding carboxylic acids is 2. The molecule has 0 heterocycles. The zero-order valence-electron chi connectivity index (χ0n) is 24.5. The quantitative estimate of drug-likeness (QED) is 0.299. The topological polar surface area (TPSA) is 86.8 Å². The molecule has 3 aromatic rings. The first-order valence-corrected chi connectivity index (χ1v) is 15.4. The van der Waals surface area contributed by atoms with Gasteiger partial charge in [-0.3, -0.25) is 13.9 Å². The molecule has 0 radical (unpaired) electrons. The van der Waals surface area contributed by atoms with Gasteiger partial charge in [0.1, 0.15) is 12.6 Å². The van der Waals surface area contributed by atoms with Crippen molar-refractivity contribution in [2.75, 3.05) is 10.8 Å². The van der Waals surface area contributed by atoms with E-state index in [0.717, 1.165) is 21.0 Å². The third-order valence-electron chi connectivity index (χ3n) is 6.72. The van der Waals surface area contributed by atoms with E-state index in [4.69, 9.17) is 23.2 Å². The molecule has 3 rings (SSSR count). The molecule has 220 valence electrons. The fraction of sp³-hybridized carbons (Fsp3) is 0.355. The summed E-state index contributed by atoms with van der Waals surface area (Å²) in [5, 5.41) is 3.56. The van der Waals surface area contributed by atoms with Crippen molar-refractivity contribution in [1.29, 1.82) is 0 Å². The number of carbonyl (C=O) groups is 2. The fourth-order valence-electron chi connectivity index (χ4n) is 4.16. The smallest absolute Gasteiger partial charge is 0.264 e. The average Bonchev–Trinajstić information content (AvgIpc) is 2.87. The van der Waals surface area contributed by atoms with Crippen LogP contribution in [0.15, 0.2) is 65.6 Å². The van der Waals surface area contributed by atoms with Crippen LogP contribution >= 0.6 is 23.2 Å². The van der Waals surface area contributed by atoms with Gasteiger partial charge < -0.3 is 10.2 Å². The predicted molar refractivity (Wildman–Crippen MR) is 166 cm³/mol. The summed E-state index contributed by atoms with van der Waals surface area (Å²) in [6.07, 6.45) is 0. The van der Waals surface area contributed by atoms with E-state index in [1.807, 2.05) is 47.6 Å². The van der Waals surface area contributed by atoms with Crippen molar-refractivity contribution < 1.29 is 18.0 Å². The van der Waals surface area contributed by atoms with Crippen LogP contribution in [0.5, 0.6) is 0 Å². The van der Waals surface area contributed by atoms with E-state index in [-0.39, 0.29) is 11.4 Å². The first-order valence-electron chi connectivity index (χ1n) is 13.2. The van der Waals surface area contributed by atoms with Gasteiger partial charge in [0, 0.05) is 27.7 Å². The van der Waals surface area contributed by atoms with Crippen molar-refractivity contribution in [3.8, 4) is 0 Å². The Bertz CT molecular complexity index is 1510. The lowest BCUT2D eigenvalue weighted by atomic mass is 10.1. The van der Waals surface area contributed by atoms with Gasteiger partial charge in [-0.2, -0.15) is 0 Å². The zero-order valence-corrected chi connectivity index (χ0v) is 26.8. The fourth-order valence-corrected chi connectivity index (χ4v) is 6.08. The molecule has 0 saturated heterocycles. The molecule has 7 nitrogen and oxygen atoms in total. The number of anilines is 1. The second-order valence-corrected chi connectivity index (χ2v) is 13.9. The summed E-state index contributed by atoms with van der Waals surface area (Å²) in [7, 11) is -4.16. The van der Waals surface area contributed by atoms with Gasteiger partial charge in [0.15, 0.2) is 0 Å². The predicted octanol–water partition coefficient (Wildman–Crippen LogP) is 6.45. The normalized spacial score (nSPS) is 12.5. The summed E-state index contributed by atoms with van der Waals surface area (Å²) in [4.78, 5) is 28.7. The lowest BCUT2D eigenvalue weighted by molar-refractivity contribution is -0.140. The number of rotatable bonds is 9. The molecule has 0 aliphatic heterocycles. The van der Waals surface area contributed by atoms with Crippen LogP contribution in [0, 0.1) is 20.8 Å². The third kappa shape index (κ3) is 8.03. The second kappa shape index (κ2) is 12.8. The molecule has 0 aliphatic rings. The van der Waals surface area contributed by atoms with Crippen molar-refractivity contribution in [3.05, 3.63) is 93.0 Å². The van der Waals surface area contributed by atoms with E-state index in [2.05, 4.69) is 5.32 Å². The molecule has 0 aromatic heterocycles. The first kappa shape index (κ1) is 32.4. The van der Waals surface area contributed by atoms with E-state index in [9.17, 15) is 18.0 Å². The summed E-state index contributed by atoms with van der Waals surface area (Å²) in [6, 6.07) is 15.7. The Morgan fingerprint density at radius 1 is 0.902 bits per heavy atom. The highest BCUT2D eigenvalue weighted by Gasteiger charge is 2.34. The van der Waals surface area contributed by atoms with Crippen molar-refractivity contribution in [1.82, 2.24) is 10.2 Å². The highest BCUT2D eigenvalue weighted by molar-refractivity contribution is 7.92. The molecular weight excluding hydrogens is 581 g/mol. The van der Waals surface area contributed by atoms with Crippen LogP contribution < -0.4 is 9.62 Å². The first-order chi connectivity index (χ1) is 19.0. The third-order valence-corrected chi connectivity index (χ3v) is 9.22. The number of hydrogen-bond donors (Lipinski definition) is 1. The Kier molecular flexibility index (Phi) is 10.2. The van der Waals surface area contributed by atoms with Crippen LogP contribution in [0.4, 0.5) is 5.69 Å². The molecule has 0 spiro atoms. The van der Waals surface area contributed by atoms with E-state index in [1.165, 1.54) is 17.0 Å². The molecule has 0 aliphatic carbocycles. The number of benzene rings is 3. The van der Waals surface area contributed by atoms with E-state index in [0.29, 0.717) is 21.3 Å². The zero-order chi connectivity index (χ0) is 30.7. The minimum absolute atomic E-state index is 0.0494. The molecule has 10 heteroatoms. The SMILES string of the molecule is Cc1ccc(S(=O)(=O)N(CC(=O)N(Cc2c(Cl)cccc2Cl)[C@H](C)C(=O)NC(C)(C)C)c2ccc(C)c(C)c2)cc1. The summed E-state index contributed by atoms with van der Waals surface area (Å²) >= 11 is 12.9. The maximum absolute atomic E-state index is 14.1. The minimum Gasteiger partial charge on any atom is -0.350 e. The summed E-state index contributed by atoms with van der Waals surface area (Å²) < 4.78 is 29.1. The number of sulfonamides is 1. The molecule has 2 amide bonds. The summed E-state index contributed by atoms with van der Waals surface area (Å²) in [6.45, 7) is 12.1. The van der Waals surface area contributed by atoms with Crippen LogP contribution in [0.25, 0.3) is 0 Å². The summed E-state index contributed by atoms with van der Waals surface area (Å²) in [5.41, 5.74) is 3.00. The Labute approximate surface area is 253 Å².